The summed E-state index contributed by atoms with van der Waals surface area (Å²) in [7, 11) is 0. The predicted molar refractivity (Wildman–Crippen MR) is 70.2 cm³/mol. The van der Waals surface area contributed by atoms with Crippen molar-refractivity contribution in [3.8, 4) is 5.75 Å². The Kier molecular flexibility index (Phi) is 4.18. The number of ether oxygens (including phenoxy) is 1. The Hall–Kier alpha value is -1.32. The van der Waals surface area contributed by atoms with E-state index in [-0.39, 0.29) is 5.78 Å². The van der Waals surface area contributed by atoms with Gasteiger partial charge in [0.05, 0.1) is 15.8 Å². The molecule has 0 atom stereocenters. The van der Waals surface area contributed by atoms with E-state index in [4.69, 9.17) is 16.3 Å². The Labute approximate surface area is 109 Å². The summed E-state index contributed by atoms with van der Waals surface area (Å²) in [5, 5.41) is 0. The van der Waals surface area contributed by atoms with Crippen LogP contribution in [0.1, 0.15) is 16.1 Å². The van der Waals surface area contributed by atoms with E-state index >= 15 is 0 Å². The van der Waals surface area contributed by atoms with Crippen LogP contribution in [0.5, 0.6) is 5.75 Å². The van der Waals surface area contributed by atoms with Gasteiger partial charge in [-0.1, -0.05) is 29.8 Å². The quantitative estimate of drug-likeness (QED) is 0.763. The molecule has 0 N–H and O–H groups in total. The second-order valence-corrected chi connectivity index (χ2v) is 5.15. The van der Waals surface area contributed by atoms with Crippen LogP contribution in [0.15, 0.2) is 42.5 Å². The summed E-state index contributed by atoms with van der Waals surface area (Å²) in [6.45, 7) is 0.387. The number of ketones is 1. The second-order valence-electron chi connectivity index (χ2n) is 3.44. The second kappa shape index (κ2) is 5.84. The van der Waals surface area contributed by atoms with Crippen LogP contribution in [-0.4, -0.2) is 12.4 Å². The number of rotatable bonds is 5. The van der Waals surface area contributed by atoms with Crippen molar-refractivity contribution in [2.75, 3.05) is 6.61 Å². The molecule has 0 bridgehead atoms. The maximum atomic E-state index is 11.7. The molecule has 88 valence electrons. The number of hydrogen-bond acceptors (Lipinski definition) is 3. The lowest BCUT2D eigenvalue weighted by atomic mass is 10.2. The minimum Gasteiger partial charge on any atom is -0.493 e. The topological polar surface area (TPSA) is 26.3 Å². The van der Waals surface area contributed by atoms with Crippen molar-refractivity contribution in [3.05, 3.63) is 51.7 Å². The molecule has 4 heteroatoms. The summed E-state index contributed by atoms with van der Waals surface area (Å²) in [6, 6.07) is 12.9. The summed E-state index contributed by atoms with van der Waals surface area (Å²) in [5.74, 6) is 0.849. The first-order chi connectivity index (χ1) is 8.25. The van der Waals surface area contributed by atoms with Crippen LogP contribution in [-0.2, 0) is 0 Å². The van der Waals surface area contributed by atoms with Crippen molar-refractivity contribution < 1.29 is 9.53 Å². The first-order valence-corrected chi connectivity index (χ1v) is 6.41. The number of para-hydroxylation sites is 1. The van der Waals surface area contributed by atoms with Crippen LogP contribution in [0.25, 0.3) is 0 Å². The molecular weight excluding hydrogens is 256 g/mol. The van der Waals surface area contributed by atoms with E-state index in [2.05, 4.69) is 0 Å². The van der Waals surface area contributed by atoms with Crippen molar-refractivity contribution in [1.82, 2.24) is 0 Å². The molecule has 0 aliphatic rings. The molecule has 1 aromatic carbocycles. The van der Waals surface area contributed by atoms with Gasteiger partial charge in [-0.2, -0.15) is 0 Å². The van der Waals surface area contributed by atoms with Crippen LogP contribution < -0.4 is 4.74 Å². The zero-order valence-corrected chi connectivity index (χ0v) is 10.6. The van der Waals surface area contributed by atoms with E-state index in [1.165, 1.54) is 11.3 Å². The molecule has 0 fully saturated rings. The van der Waals surface area contributed by atoms with Gasteiger partial charge < -0.3 is 4.74 Å². The van der Waals surface area contributed by atoms with Gasteiger partial charge in [0, 0.05) is 6.42 Å². The number of thiophene rings is 1. The molecule has 17 heavy (non-hydrogen) atoms. The van der Waals surface area contributed by atoms with Crippen molar-refractivity contribution in [3.63, 3.8) is 0 Å². The molecule has 0 amide bonds. The van der Waals surface area contributed by atoms with Crippen LogP contribution in [0.3, 0.4) is 0 Å². The summed E-state index contributed by atoms with van der Waals surface area (Å²) in [6.07, 6.45) is 0.367. The lowest BCUT2D eigenvalue weighted by molar-refractivity contribution is 0.0966. The number of halogens is 1. The average Bonchev–Trinajstić information content (AvgIpc) is 2.77. The maximum absolute atomic E-state index is 11.7. The monoisotopic (exact) mass is 266 g/mol. The number of carbonyl (C=O) groups excluding carboxylic acids is 1. The van der Waals surface area contributed by atoms with Gasteiger partial charge in [0.2, 0.25) is 0 Å². The van der Waals surface area contributed by atoms with E-state index in [0.717, 1.165) is 5.75 Å². The highest BCUT2D eigenvalue weighted by atomic mass is 35.5. The van der Waals surface area contributed by atoms with E-state index in [0.29, 0.717) is 22.2 Å². The summed E-state index contributed by atoms with van der Waals surface area (Å²) >= 11 is 7.07. The summed E-state index contributed by atoms with van der Waals surface area (Å²) in [5.41, 5.74) is 0. The van der Waals surface area contributed by atoms with Gasteiger partial charge in [-0.25, -0.2) is 0 Å². The Balaban J connectivity index is 1.81. The molecule has 0 radical (unpaired) electrons. The lowest BCUT2D eigenvalue weighted by Gasteiger charge is -2.04. The normalized spacial score (nSPS) is 10.2. The van der Waals surface area contributed by atoms with Gasteiger partial charge >= 0.3 is 0 Å². The molecule has 2 nitrogen and oxygen atoms in total. The first-order valence-electron chi connectivity index (χ1n) is 5.22. The third-order valence-electron chi connectivity index (χ3n) is 2.19. The van der Waals surface area contributed by atoms with Gasteiger partial charge in [-0.3, -0.25) is 4.79 Å². The Morgan fingerprint density at radius 2 is 1.94 bits per heavy atom. The number of hydrogen-bond donors (Lipinski definition) is 0. The Morgan fingerprint density at radius 1 is 1.18 bits per heavy atom. The van der Waals surface area contributed by atoms with Crippen LogP contribution in [0.2, 0.25) is 4.34 Å². The van der Waals surface area contributed by atoms with Gasteiger partial charge in [0.25, 0.3) is 0 Å². The highest BCUT2D eigenvalue weighted by Crippen LogP contribution is 2.22. The van der Waals surface area contributed by atoms with E-state index in [1.807, 2.05) is 30.3 Å². The molecular formula is C13H11ClO2S. The van der Waals surface area contributed by atoms with Crippen molar-refractivity contribution in [2.45, 2.75) is 6.42 Å². The van der Waals surface area contributed by atoms with Gasteiger partial charge in [-0.15, -0.1) is 11.3 Å². The zero-order chi connectivity index (χ0) is 12.1. The minimum absolute atomic E-state index is 0.0674. The Morgan fingerprint density at radius 3 is 2.59 bits per heavy atom. The molecule has 2 rings (SSSR count). The van der Waals surface area contributed by atoms with Crippen molar-refractivity contribution >= 4 is 28.7 Å². The summed E-state index contributed by atoms with van der Waals surface area (Å²) < 4.78 is 6.09. The van der Waals surface area contributed by atoms with Crippen LogP contribution >= 0.6 is 22.9 Å². The molecule has 1 heterocycles. The number of carbonyl (C=O) groups is 1. The fourth-order valence-electron chi connectivity index (χ4n) is 1.37. The van der Waals surface area contributed by atoms with E-state index in [1.54, 1.807) is 12.1 Å². The first kappa shape index (κ1) is 12.1. The largest absolute Gasteiger partial charge is 0.493 e. The number of Topliss-reactive ketones (excluding diaryl/α,β-unsaturated/α-hetero) is 1. The highest BCUT2D eigenvalue weighted by molar-refractivity contribution is 7.18. The Bertz CT molecular complexity index is 493. The van der Waals surface area contributed by atoms with E-state index in [9.17, 15) is 4.79 Å². The molecule has 2 aromatic rings. The predicted octanol–water partition coefficient (Wildman–Crippen LogP) is 4.05. The van der Waals surface area contributed by atoms with Crippen LogP contribution in [0.4, 0.5) is 0 Å². The fourth-order valence-corrected chi connectivity index (χ4v) is 2.38. The standard InChI is InChI=1S/C13H11ClO2S/c14-13-7-6-12(17-13)11(15)8-9-16-10-4-2-1-3-5-10/h1-7H,8-9H2. The maximum Gasteiger partial charge on any atom is 0.176 e. The molecule has 0 aliphatic carbocycles. The molecule has 0 saturated heterocycles. The molecule has 1 aromatic heterocycles. The zero-order valence-electron chi connectivity index (χ0n) is 9.06. The highest BCUT2D eigenvalue weighted by Gasteiger charge is 2.08. The molecule has 0 saturated carbocycles. The lowest BCUT2D eigenvalue weighted by Crippen LogP contribution is -2.05. The van der Waals surface area contributed by atoms with Crippen molar-refractivity contribution in [2.24, 2.45) is 0 Å². The SMILES string of the molecule is O=C(CCOc1ccccc1)c1ccc(Cl)s1. The van der Waals surface area contributed by atoms with Crippen molar-refractivity contribution in [1.29, 1.82) is 0 Å². The number of benzene rings is 1. The fraction of sp³-hybridized carbons (Fsp3) is 0.154. The average molecular weight is 267 g/mol. The van der Waals surface area contributed by atoms with E-state index < -0.39 is 0 Å². The third kappa shape index (κ3) is 3.58. The molecule has 0 unspecified atom stereocenters. The van der Waals surface area contributed by atoms with Gasteiger partial charge in [-0.05, 0) is 24.3 Å². The van der Waals surface area contributed by atoms with Gasteiger partial charge in [0.15, 0.2) is 5.78 Å². The van der Waals surface area contributed by atoms with Gasteiger partial charge in [0.1, 0.15) is 5.75 Å². The summed E-state index contributed by atoms with van der Waals surface area (Å²) in [4.78, 5) is 12.4. The molecule has 0 spiro atoms. The molecule has 0 aliphatic heterocycles. The smallest absolute Gasteiger partial charge is 0.176 e. The third-order valence-corrected chi connectivity index (χ3v) is 3.46. The minimum atomic E-state index is 0.0674. The van der Waals surface area contributed by atoms with Crippen LogP contribution in [0, 0.1) is 0 Å².